The first kappa shape index (κ1) is 17.3. The predicted octanol–water partition coefficient (Wildman–Crippen LogP) is 3.21. The fourth-order valence-electron chi connectivity index (χ4n) is 2.71. The van der Waals surface area contributed by atoms with Gasteiger partial charge in [0.05, 0.1) is 12.7 Å². The van der Waals surface area contributed by atoms with E-state index in [-0.39, 0.29) is 24.5 Å². The summed E-state index contributed by atoms with van der Waals surface area (Å²) in [4.78, 5) is 11.5. The lowest BCUT2D eigenvalue weighted by atomic mass is 9.96. The second-order valence-electron chi connectivity index (χ2n) is 5.41. The Morgan fingerprint density at radius 2 is 1.91 bits per heavy atom. The number of nitrogens with two attached hydrogens (primary N) is 1. The number of halogens is 1. The number of hydrogen-bond donors (Lipinski definition) is 1. The van der Waals surface area contributed by atoms with E-state index in [2.05, 4.69) is 6.07 Å². The molecule has 0 saturated heterocycles. The quantitative estimate of drug-likeness (QED) is 0.876. The van der Waals surface area contributed by atoms with E-state index in [0.717, 1.165) is 29.7 Å². The van der Waals surface area contributed by atoms with Gasteiger partial charge in [-0.3, -0.25) is 0 Å². The smallest absolute Gasteiger partial charge is 0.337 e. The van der Waals surface area contributed by atoms with Crippen molar-refractivity contribution in [2.45, 2.75) is 18.9 Å². The van der Waals surface area contributed by atoms with Crippen molar-refractivity contribution >= 4 is 18.4 Å². The molecule has 1 heterocycles. The van der Waals surface area contributed by atoms with Gasteiger partial charge in [-0.1, -0.05) is 18.2 Å². The van der Waals surface area contributed by atoms with Crippen molar-refractivity contribution in [3.05, 3.63) is 53.6 Å². The molecule has 122 valence electrons. The van der Waals surface area contributed by atoms with Crippen molar-refractivity contribution in [2.75, 3.05) is 13.7 Å². The summed E-state index contributed by atoms with van der Waals surface area (Å²) in [7, 11) is 1.38. The summed E-state index contributed by atoms with van der Waals surface area (Å²) in [6, 6.07) is 13.6. The summed E-state index contributed by atoms with van der Waals surface area (Å²) in [5.41, 5.74) is 9.61. The Labute approximate surface area is 142 Å². The van der Waals surface area contributed by atoms with Gasteiger partial charge in [-0.05, 0) is 53.8 Å². The first-order chi connectivity index (χ1) is 10.7. The van der Waals surface area contributed by atoms with E-state index in [1.54, 1.807) is 12.1 Å². The Morgan fingerprint density at radius 3 is 2.57 bits per heavy atom. The molecular weight excluding hydrogens is 314 g/mol. The molecule has 2 aromatic rings. The Balaban J connectivity index is 0.00000192. The minimum Gasteiger partial charge on any atom is -0.489 e. The van der Waals surface area contributed by atoms with E-state index in [4.69, 9.17) is 15.2 Å². The zero-order valence-corrected chi connectivity index (χ0v) is 13.8. The molecule has 0 spiro atoms. The zero-order valence-electron chi connectivity index (χ0n) is 13.0. The lowest BCUT2D eigenvalue weighted by molar-refractivity contribution is 0.0601. The summed E-state index contributed by atoms with van der Waals surface area (Å²) in [6.45, 7) is 0.552. The van der Waals surface area contributed by atoms with Gasteiger partial charge >= 0.3 is 5.97 Å². The molecule has 0 unspecified atom stereocenters. The van der Waals surface area contributed by atoms with E-state index in [1.165, 1.54) is 12.7 Å². The van der Waals surface area contributed by atoms with Gasteiger partial charge in [0.1, 0.15) is 11.9 Å². The highest BCUT2D eigenvalue weighted by atomic mass is 35.5. The number of carbonyl (C=O) groups excluding carboxylic acids is 1. The number of ether oxygens (including phenoxy) is 2. The maximum atomic E-state index is 11.5. The third-order valence-electron chi connectivity index (χ3n) is 3.99. The highest BCUT2D eigenvalue weighted by Gasteiger charge is 2.18. The average Bonchev–Trinajstić information content (AvgIpc) is 2.60. The van der Waals surface area contributed by atoms with E-state index in [9.17, 15) is 4.79 Å². The number of fused-ring (bicyclic) bond motifs is 1. The Kier molecular flexibility index (Phi) is 5.64. The van der Waals surface area contributed by atoms with Crippen LogP contribution in [0.2, 0.25) is 0 Å². The van der Waals surface area contributed by atoms with Crippen LogP contribution in [0.3, 0.4) is 0 Å². The molecule has 0 aliphatic carbocycles. The Bertz CT molecular complexity index is 685. The first-order valence-electron chi connectivity index (χ1n) is 7.39. The monoisotopic (exact) mass is 333 g/mol. The van der Waals surface area contributed by atoms with Gasteiger partial charge < -0.3 is 15.2 Å². The van der Waals surface area contributed by atoms with Gasteiger partial charge in [-0.15, -0.1) is 12.4 Å². The summed E-state index contributed by atoms with van der Waals surface area (Å²) < 4.78 is 10.6. The van der Waals surface area contributed by atoms with Crippen LogP contribution in [-0.4, -0.2) is 25.7 Å². The lowest BCUT2D eigenvalue weighted by Gasteiger charge is -2.25. The molecule has 1 aliphatic heterocycles. The van der Waals surface area contributed by atoms with Gasteiger partial charge in [0.25, 0.3) is 0 Å². The van der Waals surface area contributed by atoms with Crippen LogP contribution in [0.25, 0.3) is 11.1 Å². The standard InChI is InChI=1S/C18H19NO3.ClH/c1-21-18(20)13-4-2-12(3-5-13)14-7-9-17-15(10-14)6-8-16(11-19)22-17;/h2-5,7,9-10,16H,6,8,11,19H2,1H3;1H/t16-;/m1./s1. The maximum absolute atomic E-state index is 11.5. The molecule has 0 radical (unpaired) electrons. The number of benzene rings is 2. The number of hydrogen-bond acceptors (Lipinski definition) is 4. The second kappa shape index (κ2) is 7.49. The zero-order chi connectivity index (χ0) is 15.5. The minimum absolute atomic E-state index is 0. The third-order valence-corrected chi connectivity index (χ3v) is 3.99. The van der Waals surface area contributed by atoms with Crippen LogP contribution in [-0.2, 0) is 11.2 Å². The van der Waals surface area contributed by atoms with E-state index in [0.29, 0.717) is 12.1 Å². The third kappa shape index (κ3) is 3.66. The van der Waals surface area contributed by atoms with Crippen LogP contribution in [0.15, 0.2) is 42.5 Å². The molecule has 0 amide bonds. The second-order valence-corrected chi connectivity index (χ2v) is 5.41. The molecule has 1 aliphatic rings. The van der Waals surface area contributed by atoms with Crippen LogP contribution in [0, 0.1) is 0 Å². The molecule has 0 bridgehead atoms. The SMILES string of the molecule is COC(=O)c1ccc(-c2ccc3c(c2)CC[C@H](CN)O3)cc1.Cl. The Morgan fingerprint density at radius 1 is 1.22 bits per heavy atom. The van der Waals surface area contributed by atoms with Crippen LogP contribution in [0.4, 0.5) is 0 Å². The van der Waals surface area contributed by atoms with Gasteiger partial charge in [0.15, 0.2) is 0 Å². The molecule has 2 N–H and O–H groups in total. The van der Waals surface area contributed by atoms with Gasteiger partial charge in [0.2, 0.25) is 0 Å². The van der Waals surface area contributed by atoms with Crippen molar-refractivity contribution in [1.82, 2.24) is 0 Å². The molecule has 4 nitrogen and oxygen atoms in total. The topological polar surface area (TPSA) is 61.5 Å². The molecule has 0 aromatic heterocycles. The number of methoxy groups -OCH3 is 1. The fourth-order valence-corrected chi connectivity index (χ4v) is 2.71. The lowest BCUT2D eigenvalue weighted by Crippen LogP contribution is -2.30. The van der Waals surface area contributed by atoms with Crippen molar-refractivity contribution in [3.63, 3.8) is 0 Å². The van der Waals surface area contributed by atoms with Gasteiger partial charge in [0, 0.05) is 6.54 Å². The van der Waals surface area contributed by atoms with Crippen LogP contribution in [0.5, 0.6) is 5.75 Å². The van der Waals surface area contributed by atoms with Crippen LogP contribution in [0.1, 0.15) is 22.3 Å². The summed E-state index contributed by atoms with van der Waals surface area (Å²) in [5.74, 6) is 0.606. The van der Waals surface area contributed by atoms with Crippen LogP contribution < -0.4 is 10.5 Å². The van der Waals surface area contributed by atoms with Crippen molar-refractivity contribution < 1.29 is 14.3 Å². The largest absolute Gasteiger partial charge is 0.489 e. The molecule has 23 heavy (non-hydrogen) atoms. The number of esters is 1. The predicted molar refractivity (Wildman–Crippen MR) is 92.3 cm³/mol. The Hall–Kier alpha value is -2.04. The minimum atomic E-state index is -0.321. The van der Waals surface area contributed by atoms with Gasteiger partial charge in [-0.2, -0.15) is 0 Å². The maximum Gasteiger partial charge on any atom is 0.337 e. The number of rotatable bonds is 3. The van der Waals surface area contributed by atoms with E-state index >= 15 is 0 Å². The van der Waals surface area contributed by atoms with E-state index < -0.39 is 0 Å². The molecule has 1 atom stereocenters. The molecule has 2 aromatic carbocycles. The molecule has 5 heteroatoms. The molecule has 0 saturated carbocycles. The van der Waals surface area contributed by atoms with Crippen molar-refractivity contribution in [1.29, 1.82) is 0 Å². The highest BCUT2D eigenvalue weighted by Crippen LogP contribution is 2.32. The molecule has 3 rings (SSSR count). The van der Waals surface area contributed by atoms with Crippen molar-refractivity contribution in [2.24, 2.45) is 5.73 Å². The average molecular weight is 334 g/mol. The van der Waals surface area contributed by atoms with E-state index in [1.807, 2.05) is 24.3 Å². The van der Waals surface area contributed by atoms with Gasteiger partial charge in [-0.25, -0.2) is 4.79 Å². The summed E-state index contributed by atoms with van der Waals surface area (Å²) in [5, 5.41) is 0. The highest BCUT2D eigenvalue weighted by molar-refractivity contribution is 5.90. The summed E-state index contributed by atoms with van der Waals surface area (Å²) in [6.07, 6.45) is 2.05. The first-order valence-corrected chi connectivity index (χ1v) is 7.39. The number of aryl methyl sites for hydroxylation is 1. The molecular formula is C18H20ClNO3. The van der Waals surface area contributed by atoms with Crippen LogP contribution >= 0.6 is 12.4 Å². The number of carbonyl (C=O) groups is 1. The summed E-state index contributed by atoms with van der Waals surface area (Å²) >= 11 is 0. The van der Waals surface area contributed by atoms with Crippen molar-refractivity contribution in [3.8, 4) is 16.9 Å². The normalized spacial score (nSPS) is 15.8. The molecule has 0 fully saturated rings. The fraction of sp³-hybridized carbons (Fsp3) is 0.278.